The van der Waals surface area contributed by atoms with Crippen LogP contribution in [0, 0.1) is 27.3 Å². The van der Waals surface area contributed by atoms with Crippen LogP contribution in [0.4, 0.5) is 15.8 Å². The van der Waals surface area contributed by atoms with Gasteiger partial charge in [-0.3, -0.25) is 10.1 Å². The van der Waals surface area contributed by atoms with Crippen LogP contribution in [-0.4, -0.2) is 24.5 Å². The monoisotopic (exact) mass is 296 g/mol. The minimum atomic E-state index is -0.967. The first-order valence-corrected chi connectivity index (χ1v) is 6.56. The number of nitro groups is 1. The maximum atomic E-state index is 13.7. The van der Waals surface area contributed by atoms with Crippen LogP contribution in [0.3, 0.4) is 0 Å². The second-order valence-electron chi connectivity index (χ2n) is 5.87. The third-order valence-corrected chi connectivity index (χ3v) is 3.94. The van der Waals surface area contributed by atoms with E-state index in [1.165, 1.54) is 0 Å². The number of nitro benzene ring substituents is 1. The predicted octanol–water partition coefficient (Wildman–Crippen LogP) is 2.98. The normalized spacial score (nSPS) is 19.0. The molecule has 1 aliphatic rings. The van der Waals surface area contributed by atoms with Crippen molar-refractivity contribution in [1.82, 2.24) is 0 Å². The van der Waals surface area contributed by atoms with Crippen LogP contribution in [0.5, 0.6) is 0 Å². The van der Waals surface area contributed by atoms with Gasteiger partial charge in [0, 0.05) is 6.54 Å². The van der Waals surface area contributed by atoms with Gasteiger partial charge in [-0.15, -0.1) is 0 Å². The molecule has 0 aliphatic heterocycles. The molecule has 0 spiro atoms. The van der Waals surface area contributed by atoms with Crippen molar-refractivity contribution in [2.24, 2.45) is 11.3 Å². The zero-order valence-electron chi connectivity index (χ0n) is 12.1. The van der Waals surface area contributed by atoms with E-state index in [9.17, 15) is 19.3 Å². The lowest BCUT2D eigenvalue weighted by atomic mass is 10.1. The second kappa shape index (κ2) is 5.31. The van der Waals surface area contributed by atoms with Gasteiger partial charge in [-0.05, 0) is 23.8 Å². The van der Waals surface area contributed by atoms with E-state index in [4.69, 9.17) is 0 Å². The number of halogens is 1. The van der Waals surface area contributed by atoms with Crippen LogP contribution in [0.2, 0.25) is 0 Å². The van der Waals surface area contributed by atoms with Gasteiger partial charge in [0.25, 0.3) is 5.69 Å². The largest absolute Gasteiger partial charge is 0.465 e. The number of carbonyl (C=O) groups excluding carboxylic acids is 1. The van der Waals surface area contributed by atoms with Gasteiger partial charge in [-0.2, -0.15) is 0 Å². The van der Waals surface area contributed by atoms with Crippen molar-refractivity contribution in [3.05, 3.63) is 33.6 Å². The Morgan fingerprint density at radius 3 is 2.67 bits per heavy atom. The molecule has 0 saturated heterocycles. The van der Waals surface area contributed by atoms with Crippen LogP contribution < -0.4 is 5.32 Å². The van der Waals surface area contributed by atoms with Crippen LogP contribution >= 0.6 is 0 Å². The minimum absolute atomic E-state index is 0.129. The van der Waals surface area contributed by atoms with E-state index in [1.54, 1.807) is 0 Å². The molecule has 1 atom stereocenters. The third kappa shape index (κ3) is 3.12. The summed E-state index contributed by atoms with van der Waals surface area (Å²) in [6.45, 7) is 4.76. The molecule has 2 rings (SSSR count). The number of hydrogen-bond acceptors (Lipinski definition) is 5. The average Bonchev–Trinajstić information content (AvgIpc) is 3.03. The Morgan fingerprint density at radius 2 is 2.19 bits per heavy atom. The standard InChI is InChI=1S/C14H17FN2O4/c1-14(2)6-8(14)7-16-11-4-9(13(18)21-3)10(15)5-12(11)17(19)20/h4-5,8,16H,6-7H2,1-3H3. The van der Waals surface area contributed by atoms with Gasteiger partial charge < -0.3 is 10.1 Å². The van der Waals surface area contributed by atoms with Crippen molar-refractivity contribution < 1.29 is 18.8 Å². The highest BCUT2D eigenvalue weighted by molar-refractivity contribution is 5.91. The molecule has 1 aromatic rings. The topological polar surface area (TPSA) is 81.5 Å². The number of nitrogens with zero attached hydrogens (tertiary/aromatic N) is 1. The van der Waals surface area contributed by atoms with Gasteiger partial charge in [-0.1, -0.05) is 13.8 Å². The van der Waals surface area contributed by atoms with Crippen LogP contribution in [0.15, 0.2) is 12.1 Å². The van der Waals surface area contributed by atoms with E-state index in [0.717, 1.165) is 25.7 Å². The molecule has 1 saturated carbocycles. The Balaban J connectivity index is 2.27. The quantitative estimate of drug-likeness (QED) is 0.513. The summed E-state index contributed by atoms with van der Waals surface area (Å²) in [5.74, 6) is -1.42. The molecule has 6 nitrogen and oxygen atoms in total. The summed E-state index contributed by atoms with van der Waals surface area (Å²) in [5.41, 5.74) is -0.365. The van der Waals surface area contributed by atoms with Crippen molar-refractivity contribution in [2.45, 2.75) is 20.3 Å². The highest BCUT2D eigenvalue weighted by Crippen LogP contribution is 2.51. The summed E-state index contributed by atoms with van der Waals surface area (Å²) >= 11 is 0. The number of rotatable bonds is 5. The van der Waals surface area contributed by atoms with Crippen LogP contribution in [0.1, 0.15) is 30.6 Å². The number of nitrogens with one attached hydrogen (secondary N) is 1. The lowest BCUT2D eigenvalue weighted by molar-refractivity contribution is -0.384. The first kappa shape index (κ1) is 15.2. The smallest absolute Gasteiger partial charge is 0.340 e. The molecule has 114 valence electrons. The summed E-state index contributed by atoms with van der Waals surface area (Å²) in [4.78, 5) is 21.8. The maximum Gasteiger partial charge on any atom is 0.340 e. The highest BCUT2D eigenvalue weighted by Gasteiger charge is 2.45. The summed E-state index contributed by atoms with van der Waals surface area (Å²) in [6.07, 6.45) is 1.03. The lowest BCUT2D eigenvalue weighted by Gasteiger charge is -2.10. The zero-order valence-corrected chi connectivity index (χ0v) is 12.1. The number of anilines is 1. The van der Waals surface area contributed by atoms with Crippen molar-refractivity contribution >= 4 is 17.3 Å². The summed E-state index contributed by atoms with van der Waals surface area (Å²) in [5, 5.41) is 13.9. The first-order chi connectivity index (χ1) is 9.76. The van der Waals surface area contributed by atoms with Gasteiger partial charge in [-0.25, -0.2) is 9.18 Å². The van der Waals surface area contributed by atoms with E-state index >= 15 is 0 Å². The van der Waals surface area contributed by atoms with Crippen molar-refractivity contribution in [3.63, 3.8) is 0 Å². The van der Waals surface area contributed by atoms with Crippen molar-refractivity contribution in [1.29, 1.82) is 0 Å². The van der Waals surface area contributed by atoms with E-state index < -0.39 is 22.4 Å². The number of methoxy groups -OCH3 is 1. The SMILES string of the molecule is COC(=O)c1cc(NCC2CC2(C)C)c([N+](=O)[O-])cc1F. The van der Waals surface area contributed by atoms with Crippen LogP contribution in [0.25, 0.3) is 0 Å². The summed E-state index contributed by atoms with van der Waals surface area (Å²) < 4.78 is 18.2. The van der Waals surface area contributed by atoms with Gasteiger partial charge >= 0.3 is 5.97 Å². The molecule has 1 N–H and O–H groups in total. The number of ether oxygens (including phenoxy) is 1. The highest BCUT2D eigenvalue weighted by atomic mass is 19.1. The maximum absolute atomic E-state index is 13.7. The van der Waals surface area contributed by atoms with E-state index in [0.29, 0.717) is 12.5 Å². The molecule has 0 amide bonds. The van der Waals surface area contributed by atoms with E-state index in [1.807, 2.05) is 0 Å². The molecule has 0 bridgehead atoms. The molecule has 1 fully saturated rings. The first-order valence-electron chi connectivity index (χ1n) is 6.56. The molecule has 7 heteroatoms. The number of esters is 1. The molecular weight excluding hydrogens is 279 g/mol. The Bertz CT molecular complexity index is 601. The van der Waals surface area contributed by atoms with Gasteiger partial charge in [0.05, 0.1) is 23.7 Å². The minimum Gasteiger partial charge on any atom is -0.465 e. The predicted molar refractivity (Wildman–Crippen MR) is 74.8 cm³/mol. The fourth-order valence-corrected chi connectivity index (χ4v) is 2.28. The second-order valence-corrected chi connectivity index (χ2v) is 5.87. The Hall–Kier alpha value is -2.18. The molecule has 1 aliphatic carbocycles. The van der Waals surface area contributed by atoms with Gasteiger partial charge in [0.15, 0.2) is 0 Å². The Kier molecular flexibility index (Phi) is 3.85. The fourth-order valence-electron chi connectivity index (χ4n) is 2.28. The zero-order chi connectivity index (χ0) is 15.8. The number of benzene rings is 1. The number of carbonyl (C=O) groups is 1. The number of hydrogen-bond donors (Lipinski definition) is 1. The van der Waals surface area contributed by atoms with Gasteiger partial charge in [0.2, 0.25) is 0 Å². The van der Waals surface area contributed by atoms with Crippen molar-refractivity contribution in [3.8, 4) is 0 Å². The molecule has 1 unspecified atom stereocenters. The average molecular weight is 296 g/mol. The molecule has 21 heavy (non-hydrogen) atoms. The third-order valence-electron chi connectivity index (χ3n) is 3.94. The van der Waals surface area contributed by atoms with E-state index in [-0.39, 0.29) is 16.7 Å². The fraction of sp³-hybridized carbons (Fsp3) is 0.500. The molecule has 0 heterocycles. The van der Waals surface area contributed by atoms with Crippen LogP contribution in [-0.2, 0) is 4.74 Å². The Labute approximate surface area is 121 Å². The molecular formula is C14H17FN2O4. The van der Waals surface area contributed by atoms with Crippen molar-refractivity contribution in [2.75, 3.05) is 19.0 Å². The molecule has 0 aromatic heterocycles. The molecule has 1 aromatic carbocycles. The van der Waals surface area contributed by atoms with Gasteiger partial charge in [0.1, 0.15) is 11.5 Å². The summed E-state index contributed by atoms with van der Waals surface area (Å²) in [7, 11) is 1.13. The lowest BCUT2D eigenvalue weighted by Crippen LogP contribution is -2.12. The summed E-state index contributed by atoms with van der Waals surface area (Å²) in [6, 6.07) is 1.88. The Morgan fingerprint density at radius 1 is 1.57 bits per heavy atom. The van der Waals surface area contributed by atoms with E-state index in [2.05, 4.69) is 23.9 Å². The molecule has 0 radical (unpaired) electrons.